The van der Waals surface area contributed by atoms with Gasteiger partial charge in [0.2, 0.25) is 0 Å². The molecule has 0 heterocycles. The van der Waals surface area contributed by atoms with Gasteiger partial charge in [0.05, 0.1) is 0 Å². The first kappa shape index (κ1) is 19.4. The van der Waals surface area contributed by atoms with Gasteiger partial charge in [0.1, 0.15) is 12.4 Å². The number of hydrogen-bond acceptors (Lipinski definition) is 3. The van der Waals surface area contributed by atoms with Crippen molar-refractivity contribution in [2.24, 2.45) is 0 Å². The van der Waals surface area contributed by atoms with Crippen LogP contribution in [0.25, 0.3) is 0 Å². The van der Waals surface area contributed by atoms with Crippen LogP contribution >= 0.6 is 34.8 Å². The monoisotopic (exact) mass is 466 g/mol. The van der Waals surface area contributed by atoms with Crippen LogP contribution in [0.1, 0.15) is 22.8 Å². The fraction of sp³-hybridized carbons (Fsp3) is 0.158. The average Bonchev–Trinajstić information content (AvgIpc) is 2.55. The fourth-order valence-electron chi connectivity index (χ4n) is 1.94. The minimum atomic E-state index is -0.245. The largest absolute Gasteiger partial charge is 0.489 e. The Labute approximate surface area is 166 Å². The fourth-order valence-corrected chi connectivity index (χ4v) is 2.67. The molecule has 0 aliphatic heterocycles. The lowest BCUT2D eigenvalue weighted by Gasteiger charge is -2.12. The van der Waals surface area contributed by atoms with Crippen molar-refractivity contribution in [1.29, 1.82) is 0 Å². The van der Waals surface area contributed by atoms with Crippen LogP contribution in [0.4, 0.5) is 5.69 Å². The summed E-state index contributed by atoms with van der Waals surface area (Å²) in [6.45, 7) is 8.16. The highest BCUT2D eigenvalue weighted by Gasteiger charge is 2.09. The van der Waals surface area contributed by atoms with Crippen LogP contribution in [0.2, 0.25) is 0 Å². The number of anilines is 1. The van der Waals surface area contributed by atoms with Gasteiger partial charge in [-0.25, -0.2) is 0 Å². The first-order chi connectivity index (χ1) is 11.8. The first-order valence-electron chi connectivity index (χ1n) is 7.61. The molecule has 2 aromatic rings. The van der Waals surface area contributed by atoms with Crippen LogP contribution in [0.3, 0.4) is 0 Å². The normalized spacial score (nSPS) is 10.0. The van der Waals surface area contributed by atoms with Gasteiger partial charge in [0.25, 0.3) is 5.91 Å². The highest BCUT2D eigenvalue weighted by Crippen LogP contribution is 2.18. The number of thiocarbonyl (C=S) groups is 1. The molecule has 0 aromatic heterocycles. The van der Waals surface area contributed by atoms with Crippen LogP contribution in [0.5, 0.6) is 5.75 Å². The highest BCUT2D eigenvalue weighted by molar-refractivity contribution is 14.1. The van der Waals surface area contributed by atoms with E-state index in [1.165, 1.54) is 0 Å². The Kier molecular flexibility index (Phi) is 6.95. The number of ether oxygens (including phenoxy) is 1. The molecular weight excluding hydrogens is 447 g/mol. The Bertz CT molecular complexity index is 821. The van der Waals surface area contributed by atoms with Crippen LogP contribution in [-0.4, -0.2) is 17.6 Å². The van der Waals surface area contributed by atoms with Crippen molar-refractivity contribution in [2.45, 2.75) is 13.8 Å². The number of carbonyl (C=O) groups excluding carboxylic acids is 1. The van der Waals surface area contributed by atoms with Gasteiger partial charge in [-0.05, 0) is 84.1 Å². The Morgan fingerprint density at radius 2 is 2.04 bits per heavy atom. The molecule has 0 fully saturated rings. The molecule has 4 nitrogen and oxygen atoms in total. The summed E-state index contributed by atoms with van der Waals surface area (Å²) in [5.74, 6) is 0.459. The van der Waals surface area contributed by atoms with Crippen molar-refractivity contribution in [3.8, 4) is 5.75 Å². The Balaban J connectivity index is 1.97. The number of benzene rings is 2. The van der Waals surface area contributed by atoms with E-state index < -0.39 is 0 Å². The predicted octanol–water partition coefficient (Wildman–Crippen LogP) is 4.68. The second-order valence-electron chi connectivity index (χ2n) is 5.65. The number of rotatable bonds is 5. The number of nitrogens with one attached hydrogen (secondary N) is 2. The van der Waals surface area contributed by atoms with E-state index in [1.54, 1.807) is 6.07 Å². The molecular formula is C19H19IN2O2S. The quantitative estimate of drug-likeness (QED) is 0.382. The van der Waals surface area contributed by atoms with Crippen molar-refractivity contribution in [1.82, 2.24) is 5.32 Å². The third kappa shape index (κ3) is 6.13. The minimum Gasteiger partial charge on any atom is -0.489 e. The summed E-state index contributed by atoms with van der Waals surface area (Å²) in [5.41, 5.74) is 3.37. The first-order valence-corrected chi connectivity index (χ1v) is 9.09. The molecule has 0 bridgehead atoms. The van der Waals surface area contributed by atoms with E-state index in [0.717, 1.165) is 20.4 Å². The summed E-state index contributed by atoms with van der Waals surface area (Å²) in [7, 11) is 0. The molecule has 0 saturated carbocycles. The van der Waals surface area contributed by atoms with Gasteiger partial charge in [-0.15, -0.1) is 0 Å². The molecule has 2 rings (SSSR count). The predicted molar refractivity (Wildman–Crippen MR) is 114 cm³/mol. The molecule has 2 N–H and O–H groups in total. The number of aryl methyl sites for hydroxylation is 1. The number of hydrogen-bond donors (Lipinski definition) is 2. The van der Waals surface area contributed by atoms with Gasteiger partial charge >= 0.3 is 0 Å². The highest BCUT2D eigenvalue weighted by atomic mass is 127. The smallest absolute Gasteiger partial charge is 0.257 e. The van der Waals surface area contributed by atoms with Gasteiger partial charge in [-0.3, -0.25) is 10.1 Å². The molecule has 0 saturated heterocycles. The number of amides is 1. The third-order valence-corrected chi connectivity index (χ3v) is 4.60. The molecule has 1 amide bonds. The molecule has 0 unspecified atom stereocenters. The topological polar surface area (TPSA) is 50.4 Å². The van der Waals surface area contributed by atoms with Crippen molar-refractivity contribution in [3.05, 3.63) is 69.3 Å². The van der Waals surface area contributed by atoms with E-state index in [1.807, 2.05) is 50.2 Å². The van der Waals surface area contributed by atoms with E-state index in [4.69, 9.17) is 17.0 Å². The van der Waals surface area contributed by atoms with Crippen LogP contribution in [0, 0.1) is 10.5 Å². The zero-order chi connectivity index (χ0) is 18.4. The standard InChI is InChI=1S/C19H19IN2O2S/c1-12(2)11-24-16-6-4-5-15(10-16)21-19(25)22-18(23)14-8-7-13(3)17(20)9-14/h4-10H,1,11H2,2-3H3,(H2,21,22,23,25). The minimum absolute atomic E-state index is 0.234. The second-order valence-corrected chi connectivity index (χ2v) is 7.22. The molecule has 0 radical (unpaired) electrons. The van der Waals surface area contributed by atoms with Gasteiger partial charge in [-0.2, -0.15) is 0 Å². The molecule has 6 heteroatoms. The summed E-state index contributed by atoms with van der Waals surface area (Å²) in [6.07, 6.45) is 0. The summed E-state index contributed by atoms with van der Waals surface area (Å²) in [4.78, 5) is 12.3. The van der Waals surface area contributed by atoms with E-state index >= 15 is 0 Å². The molecule has 0 aliphatic carbocycles. The molecule has 0 aliphatic rings. The molecule has 2 aromatic carbocycles. The molecule has 0 spiro atoms. The lowest BCUT2D eigenvalue weighted by atomic mass is 10.1. The van der Waals surface area contributed by atoms with E-state index in [0.29, 0.717) is 17.9 Å². The number of halogens is 1. The van der Waals surface area contributed by atoms with Gasteiger partial charge in [0, 0.05) is 20.9 Å². The maximum absolute atomic E-state index is 12.3. The lowest BCUT2D eigenvalue weighted by molar-refractivity contribution is 0.0977. The summed E-state index contributed by atoms with van der Waals surface area (Å²) >= 11 is 7.42. The zero-order valence-corrected chi connectivity index (χ0v) is 17.0. The van der Waals surface area contributed by atoms with Crippen molar-refractivity contribution < 1.29 is 9.53 Å². The SMILES string of the molecule is C=C(C)COc1cccc(NC(=S)NC(=O)c2ccc(C)c(I)c2)c1. The van der Waals surface area contributed by atoms with Crippen LogP contribution in [-0.2, 0) is 0 Å². The van der Waals surface area contributed by atoms with Gasteiger partial charge < -0.3 is 10.1 Å². The van der Waals surface area contributed by atoms with Gasteiger partial charge in [-0.1, -0.05) is 18.7 Å². The Hall–Kier alpha value is -1.93. The zero-order valence-electron chi connectivity index (χ0n) is 14.1. The third-order valence-electron chi connectivity index (χ3n) is 3.24. The van der Waals surface area contributed by atoms with E-state index in [2.05, 4.69) is 39.8 Å². The lowest BCUT2D eigenvalue weighted by Crippen LogP contribution is -2.34. The number of carbonyl (C=O) groups is 1. The molecule has 25 heavy (non-hydrogen) atoms. The Morgan fingerprint density at radius 3 is 2.72 bits per heavy atom. The second kappa shape index (κ2) is 8.96. The van der Waals surface area contributed by atoms with Crippen LogP contribution < -0.4 is 15.4 Å². The van der Waals surface area contributed by atoms with Crippen LogP contribution in [0.15, 0.2) is 54.6 Å². The van der Waals surface area contributed by atoms with Crippen molar-refractivity contribution in [2.75, 3.05) is 11.9 Å². The summed E-state index contributed by atoms with van der Waals surface area (Å²) in [5, 5.41) is 5.91. The summed E-state index contributed by atoms with van der Waals surface area (Å²) < 4.78 is 6.63. The summed E-state index contributed by atoms with van der Waals surface area (Å²) in [6, 6.07) is 12.9. The maximum Gasteiger partial charge on any atom is 0.257 e. The van der Waals surface area contributed by atoms with Crippen molar-refractivity contribution in [3.63, 3.8) is 0 Å². The molecule has 130 valence electrons. The van der Waals surface area contributed by atoms with E-state index in [-0.39, 0.29) is 11.0 Å². The van der Waals surface area contributed by atoms with Gasteiger partial charge in [0.15, 0.2) is 5.11 Å². The van der Waals surface area contributed by atoms with Crippen molar-refractivity contribution >= 4 is 51.5 Å². The maximum atomic E-state index is 12.3. The molecule has 0 atom stereocenters. The average molecular weight is 466 g/mol. The van der Waals surface area contributed by atoms with E-state index in [9.17, 15) is 4.79 Å². The Morgan fingerprint density at radius 1 is 1.28 bits per heavy atom.